The van der Waals surface area contributed by atoms with Gasteiger partial charge in [-0.3, -0.25) is 4.79 Å². The van der Waals surface area contributed by atoms with Gasteiger partial charge in [0.2, 0.25) is 0 Å². The minimum absolute atomic E-state index is 0.108. The molecule has 2 aromatic heterocycles. The lowest BCUT2D eigenvalue weighted by Gasteiger charge is -2.10. The normalized spacial score (nSPS) is 11.0. The second-order valence-corrected chi connectivity index (χ2v) is 8.24. The van der Waals surface area contributed by atoms with E-state index in [2.05, 4.69) is 33.8 Å². The molecule has 0 spiro atoms. The summed E-state index contributed by atoms with van der Waals surface area (Å²) in [5.41, 5.74) is 5.11. The SMILES string of the molecule is Cc1cc(C(=O)CSc2nnc(-c3ccccc3)n2C)c(C)n1Cc1ccccc1. The third-order valence-electron chi connectivity index (χ3n) is 5.26. The number of benzene rings is 2. The number of carbonyl (C=O) groups is 1. The summed E-state index contributed by atoms with van der Waals surface area (Å²) in [7, 11) is 1.93. The number of thioether (sulfide) groups is 1. The number of Topliss-reactive ketones (excluding diaryl/α,β-unsaturated/α-hetero) is 1. The van der Waals surface area contributed by atoms with E-state index in [4.69, 9.17) is 0 Å². The van der Waals surface area contributed by atoms with Crippen molar-refractivity contribution in [2.75, 3.05) is 5.75 Å². The molecule has 0 unspecified atom stereocenters. The van der Waals surface area contributed by atoms with E-state index in [0.717, 1.165) is 40.0 Å². The molecule has 0 fully saturated rings. The fourth-order valence-electron chi connectivity index (χ4n) is 3.58. The number of ketones is 1. The quantitative estimate of drug-likeness (QED) is 0.317. The molecule has 0 aliphatic rings. The summed E-state index contributed by atoms with van der Waals surface area (Å²) in [6.07, 6.45) is 0. The molecule has 6 heteroatoms. The van der Waals surface area contributed by atoms with E-state index in [9.17, 15) is 4.79 Å². The van der Waals surface area contributed by atoms with E-state index in [-0.39, 0.29) is 5.78 Å². The number of rotatable bonds is 7. The number of aromatic nitrogens is 4. The summed E-state index contributed by atoms with van der Waals surface area (Å²) >= 11 is 1.42. The van der Waals surface area contributed by atoms with Gasteiger partial charge in [-0.1, -0.05) is 72.4 Å². The van der Waals surface area contributed by atoms with Crippen LogP contribution in [-0.2, 0) is 13.6 Å². The topological polar surface area (TPSA) is 52.7 Å². The molecule has 0 aliphatic carbocycles. The lowest BCUT2D eigenvalue weighted by atomic mass is 10.2. The number of hydrogen-bond donors (Lipinski definition) is 0. The highest BCUT2D eigenvalue weighted by Crippen LogP contribution is 2.24. The summed E-state index contributed by atoms with van der Waals surface area (Å²) in [5.74, 6) is 1.24. The monoisotopic (exact) mass is 416 g/mol. The van der Waals surface area contributed by atoms with Crippen molar-refractivity contribution in [3.05, 3.63) is 89.2 Å². The van der Waals surface area contributed by atoms with Crippen LogP contribution in [0, 0.1) is 13.8 Å². The van der Waals surface area contributed by atoms with Crippen LogP contribution in [0.15, 0.2) is 71.9 Å². The molecule has 0 amide bonds. The first-order valence-electron chi connectivity index (χ1n) is 9.86. The molecule has 4 rings (SSSR count). The van der Waals surface area contributed by atoms with E-state index >= 15 is 0 Å². The van der Waals surface area contributed by atoms with Gasteiger partial charge in [-0.25, -0.2) is 0 Å². The molecule has 0 aliphatic heterocycles. The Morgan fingerprint density at radius 1 is 0.967 bits per heavy atom. The van der Waals surface area contributed by atoms with Crippen molar-refractivity contribution in [3.8, 4) is 11.4 Å². The number of aryl methyl sites for hydroxylation is 1. The van der Waals surface area contributed by atoms with Crippen LogP contribution in [-0.4, -0.2) is 30.9 Å². The van der Waals surface area contributed by atoms with Crippen LogP contribution in [0.3, 0.4) is 0 Å². The first-order valence-corrected chi connectivity index (χ1v) is 10.8. The van der Waals surface area contributed by atoms with Gasteiger partial charge in [0.1, 0.15) is 0 Å². The highest BCUT2D eigenvalue weighted by molar-refractivity contribution is 7.99. The van der Waals surface area contributed by atoms with Crippen LogP contribution in [0.1, 0.15) is 27.3 Å². The molecule has 152 valence electrons. The Morgan fingerprint density at radius 3 is 2.33 bits per heavy atom. The lowest BCUT2D eigenvalue weighted by molar-refractivity contribution is 0.102. The predicted molar refractivity (Wildman–Crippen MR) is 121 cm³/mol. The Bertz CT molecular complexity index is 1160. The maximum Gasteiger partial charge on any atom is 0.191 e. The van der Waals surface area contributed by atoms with Gasteiger partial charge in [0.15, 0.2) is 16.8 Å². The fourth-order valence-corrected chi connectivity index (χ4v) is 4.37. The van der Waals surface area contributed by atoms with Crippen LogP contribution >= 0.6 is 11.8 Å². The fraction of sp³-hybridized carbons (Fsp3) is 0.208. The number of carbonyl (C=O) groups excluding carboxylic acids is 1. The zero-order valence-corrected chi connectivity index (χ0v) is 18.2. The van der Waals surface area contributed by atoms with E-state index < -0.39 is 0 Å². The van der Waals surface area contributed by atoms with Crippen molar-refractivity contribution >= 4 is 17.5 Å². The first-order chi connectivity index (χ1) is 14.5. The molecule has 2 aromatic carbocycles. The van der Waals surface area contributed by atoms with Gasteiger partial charge in [-0.2, -0.15) is 0 Å². The van der Waals surface area contributed by atoms with Crippen molar-refractivity contribution in [1.29, 1.82) is 0 Å². The molecular weight excluding hydrogens is 392 g/mol. The van der Waals surface area contributed by atoms with Gasteiger partial charge in [0, 0.05) is 36.1 Å². The Morgan fingerprint density at radius 2 is 1.63 bits per heavy atom. The number of hydrogen-bond acceptors (Lipinski definition) is 4. The average Bonchev–Trinajstić information content (AvgIpc) is 3.27. The van der Waals surface area contributed by atoms with Crippen LogP contribution in [0.4, 0.5) is 0 Å². The first kappa shape index (κ1) is 20.2. The standard InChI is InChI=1S/C24H24N4OS/c1-17-14-21(18(2)28(17)15-19-10-6-4-7-11-19)22(29)16-30-24-26-25-23(27(24)3)20-12-8-5-9-13-20/h4-14H,15-16H2,1-3H3. The Balaban J connectivity index is 1.48. The zero-order valence-electron chi connectivity index (χ0n) is 17.4. The summed E-state index contributed by atoms with van der Waals surface area (Å²) < 4.78 is 4.13. The molecule has 4 aromatic rings. The second kappa shape index (κ2) is 8.71. The van der Waals surface area contributed by atoms with Gasteiger partial charge >= 0.3 is 0 Å². The molecule has 0 saturated heterocycles. The smallest absolute Gasteiger partial charge is 0.191 e. The average molecular weight is 417 g/mol. The highest BCUT2D eigenvalue weighted by Gasteiger charge is 2.18. The molecule has 0 atom stereocenters. The van der Waals surface area contributed by atoms with Crippen LogP contribution < -0.4 is 0 Å². The van der Waals surface area contributed by atoms with E-state index in [1.165, 1.54) is 17.3 Å². The Labute approximate surface area is 180 Å². The minimum Gasteiger partial charge on any atom is -0.344 e. The largest absolute Gasteiger partial charge is 0.344 e. The van der Waals surface area contributed by atoms with Gasteiger partial charge < -0.3 is 9.13 Å². The van der Waals surface area contributed by atoms with Crippen molar-refractivity contribution in [1.82, 2.24) is 19.3 Å². The highest BCUT2D eigenvalue weighted by atomic mass is 32.2. The van der Waals surface area contributed by atoms with E-state index in [0.29, 0.717) is 5.75 Å². The summed E-state index contributed by atoms with van der Waals surface area (Å²) in [6.45, 7) is 4.83. The summed E-state index contributed by atoms with van der Waals surface area (Å²) in [5, 5.41) is 9.31. The second-order valence-electron chi connectivity index (χ2n) is 7.30. The molecule has 0 radical (unpaired) electrons. The Kier molecular flexibility index (Phi) is 5.86. The molecule has 30 heavy (non-hydrogen) atoms. The third-order valence-corrected chi connectivity index (χ3v) is 6.28. The zero-order chi connectivity index (χ0) is 21.1. The van der Waals surface area contributed by atoms with Gasteiger partial charge in [-0.05, 0) is 25.5 Å². The lowest BCUT2D eigenvalue weighted by Crippen LogP contribution is -2.08. The van der Waals surface area contributed by atoms with Gasteiger partial charge in [-0.15, -0.1) is 10.2 Å². The molecular formula is C24H24N4OS. The van der Waals surface area contributed by atoms with Crippen molar-refractivity contribution < 1.29 is 4.79 Å². The van der Waals surface area contributed by atoms with Gasteiger partial charge in [0.05, 0.1) is 5.75 Å². The van der Waals surface area contributed by atoms with E-state index in [1.54, 1.807) is 0 Å². The maximum absolute atomic E-state index is 13.0. The summed E-state index contributed by atoms with van der Waals surface area (Å²) in [4.78, 5) is 13.0. The molecule has 0 saturated carbocycles. The van der Waals surface area contributed by atoms with Gasteiger partial charge in [0.25, 0.3) is 0 Å². The third kappa shape index (κ3) is 4.09. The van der Waals surface area contributed by atoms with E-state index in [1.807, 2.05) is 73.1 Å². The molecule has 5 nitrogen and oxygen atoms in total. The number of nitrogens with zero attached hydrogens (tertiary/aromatic N) is 4. The molecule has 2 heterocycles. The Hall–Kier alpha value is -3.12. The predicted octanol–water partition coefficient (Wildman–Crippen LogP) is 4.92. The minimum atomic E-state index is 0.108. The van der Waals surface area contributed by atoms with Crippen molar-refractivity contribution in [2.45, 2.75) is 25.5 Å². The van der Waals surface area contributed by atoms with Crippen LogP contribution in [0.5, 0.6) is 0 Å². The van der Waals surface area contributed by atoms with Crippen molar-refractivity contribution in [3.63, 3.8) is 0 Å². The summed E-state index contributed by atoms with van der Waals surface area (Å²) in [6, 6.07) is 22.2. The van der Waals surface area contributed by atoms with Crippen LogP contribution in [0.2, 0.25) is 0 Å². The van der Waals surface area contributed by atoms with Crippen LogP contribution in [0.25, 0.3) is 11.4 Å². The molecule has 0 bridgehead atoms. The molecule has 0 N–H and O–H groups in total. The van der Waals surface area contributed by atoms with Crippen molar-refractivity contribution in [2.24, 2.45) is 7.05 Å². The maximum atomic E-state index is 13.0.